The summed E-state index contributed by atoms with van der Waals surface area (Å²) in [5.74, 6) is -2.83. The monoisotopic (exact) mass is 401 g/mol. The van der Waals surface area contributed by atoms with E-state index in [0.29, 0.717) is 11.1 Å². The molecule has 0 saturated heterocycles. The minimum absolute atomic E-state index is 0. The van der Waals surface area contributed by atoms with Crippen LogP contribution in [0.2, 0.25) is 0 Å². The summed E-state index contributed by atoms with van der Waals surface area (Å²) < 4.78 is 28.0. The molecule has 3 aromatic carbocycles. The number of benzene rings is 3. The van der Waals surface area contributed by atoms with Gasteiger partial charge in [-0.05, 0) is 40.8 Å². The minimum Gasteiger partial charge on any atom is -0.548 e. The van der Waals surface area contributed by atoms with Gasteiger partial charge < -0.3 is 15.6 Å². The van der Waals surface area contributed by atoms with Gasteiger partial charge in [0.2, 0.25) is 0 Å². The minimum atomic E-state index is -1.40. The number of hydrogen-bond donors (Lipinski definition) is 1. The Balaban J connectivity index is 0.00000300. The summed E-state index contributed by atoms with van der Waals surface area (Å²) in [4.78, 5) is 11.0. The largest absolute Gasteiger partial charge is 1.00 e. The molecule has 0 bridgehead atoms. The Morgan fingerprint density at radius 3 is 2.28 bits per heavy atom. The number of rotatable bonds is 6. The van der Waals surface area contributed by atoms with Gasteiger partial charge in [-0.3, -0.25) is 0 Å². The van der Waals surface area contributed by atoms with Crippen LogP contribution in [0.4, 0.5) is 8.78 Å². The standard InChI is InChI=1S/C23H19F2NO2.Na/c24-16-10-11-20(21(25)14-16)19(12-13-22(26)23(27)28)18-9-5-4-8-17(18)15-6-2-1-3-7-15;/h1-12,14,22H,13,26H2,(H,27,28);/q;+1/p-1/b19-12-;. The normalized spacial score (nSPS) is 12.2. The molecule has 1 atom stereocenters. The van der Waals surface area contributed by atoms with Crippen molar-refractivity contribution < 1.29 is 48.2 Å². The van der Waals surface area contributed by atoms with Crippen molar-refractivity contribution in [2.45, 2.75) is 12.5 Å². The Morgan fingerprint density at radius 2 is 1.62 bits per heavy atom. The van der Waals surface area contributed by atoms with Crippen LogP contribution in [0.15, 0.2) is 78.9 Å². The quantitative estimate of drug-likeness (QED) is 0.613. The van der Waals surface area contributed by atoms with Gasteiger partial charge >= 0.3 is 29.6 Å². The number of carboxylic acids is 1. The van der Waals surface area contributed by atoms with Crippen LogP contribution in [-0.2, 0) is 4.79 Å². The third kappa shape index (κ3) is 5.61. The summed E-state index contributed by atoms with van der Waals surface area (Å²) in [5, 5.41) is 11.0. The molecule has 6 heteroatoms. The summed E-state index contributed by atoms with van der Waals surface area (Å²) in [5.41, 5.74) is 8.60. The molecular weight excluding hydrogens is 383 g/mol. The second-order valence-electron chi connectivity index (χ2n) is 6.31. The molecule has 0 spiro atoms. The zero-order valence-corrected chi connectivity index (χ0v) is 17.9. The van der Waals surface area contributed by atoms with Crippen LogP contribution >= 0.6 is 0 Å². The molecule has 29 heavy (non-hydrogen) atoms. The van der Waals surface area contributed by atoms with E-state index >= 15 is 0 Å². The fourth-order valence-corrected chi connectivity index (χ4v) is 3.00. The zero-order chi connectivity index (χ0) is 20.1. The third-order valence-corrected chi connectivity index (χ3v) is 4.40. The van der Waals surface area contributed by atoms with Gasteiger partial charge in [-0.15, -0.1) is 0 Å². The number of carboxylic acid groups (broad SMARTS) is 1. The first-order valence-corrected chi connectivity index (χ1v) is 8.74. The molecule has 0 fully saturated rings. The van der Waals surface area contributed by atoms with Crippen LogP contribution in [-0.4, -0.2) is 12.0 Å². The number of nitrogens with two attached hydrogens (primary N) is 1. The van der Waals surface area contributed by atoms with Gasteiger partial charge in [0.05, 0.1) is 5.97 Å². The summed E-state index contributed by atoms with van der Waals surface area (Å²) in [7, 11) is 0. The van der Waals surface area contributed by atoms with Crippen molar-refractivity contribution >= 4 is 11.5 Å². The second kappa shape index (κ2) is 10.5. The number of aliphatic carboxylic acids is 1. The fraction of sp³-hybridized carbons (Fsp3) is 0.0870. The van der Waals surface area contributed by atoms with E-state index in [1.807, 2.05) is 48.5 Å². The van der Waals surface area contributed by atoms with Crippen molar-refractivity contribution in [2.75, 3.05) is 0 Å². The zero-order valence-electron chi connectivity index (χ0n) is 15.9. The topological polar surface area (TPSA) is 66.2 Å². The molecule has 0 heterocycles. The summed E-state index contributed by atoms with van der Waals surface area (Å²) in [6, 6.07) is 18.9. The van der Waals surface area contributed by atoms with E-state index in [1.165, 1.54) is 6.07 Å². The second-order valence-corrected chi connectivity index (χ2v) is 6.31. The molecule has 142 valence electrons. The Bertz CT molecular complexity index is 1020. The summed E-state index contributed by atoms with van der Waals surface area (Å²) >= 11 is 0. The van der Waals surface area contributed by atoms with Gasteiger partial charge in [-0.1, -0.05) is 60.7 Å². The number of hydrogen-bond acceptors (Lipinski definition) is 3. The molecule has 0 aliphatic heterocycles. The van der Waals surface area contributed by atoms with Gasteiger partial charge in [0.1, 0.15) is 11.6 Å². The van der Waals surface area contributed by atoms with Crippen molar-refractivity contribution in [1.29, 1.82) is 0 Å². The first-order chi connectivity index (χ1) is 13.5. The van der Waals surface area contributed by atoms with E-state index in [-0.39, 0.29) is 41.5 Å². The molecule has 1 unspecified atom stereocenters. The molecule has 0 aliphatic carbocycles. The third-order valence-electron chi connectivity index (χ3n) is 4.40. The average Bonchev–Trinajstić information content (AvgIpc) is 2.70. The smallest absolute Gasteiger partial charge is 0.548 e. The molecule has 0 aromatic heterocycles. The van der Waals surface area contributed by atoms with E-state index in [0.717, 1.165) is 23.3 Å². The van der Waals surface area contributed by atoms with Crippen molar-refractivity contribution in [3.8, 4) is 11.1 Å². The molecule has 0 saturated carbocycles. The van der Waals surface area contributed by atoms with E-state index in [4.69, 9.17) is 5.73 Å². The Labute approximate surface area is 190 Å². The van der Waals surface area contributed by atoms with E-state index in [9.17, 15) is 18.7 Å². The van der Waals surface area contributed by atoms with Gasteiger partial charge in [0.25, 0.3) is 0 Å². The van der Waals surface area contributed by atoms with E-state index in [2.05, 4.69) is 0 Å². The van der Waals surface area contributed by atoms with Gasteiger partial charge in [-0.25, -0.2) is 8.78 Å². The van der Waals surface area contributed by atoms with Crippen LogP contribution in [0.1, 0.15) is 17.5 Å². The summed E-state index contributed by atoms with van der Waals surface area (Å²) in [6.07, 6.45) is 1.50. The first kappa shape index (κ1) is 23.0. The van der Waals surface area contributed by atoms with Crippen molar-refractivity contribution in [2.24, 2.45) is 5.73 Å². The van der Waals surface area contributed by atoms with Gasteiger partial charge in [0, 0.05) is 17.7 Å². The maximum atomic E-state index is 14.6. The number of carbonyl (C=O) groups is 1. The van der Waals surface area contributed by atoms with Crippen molar-refractivity contribution in [3.63, 3.8) is 0 Å². The Kier molecular flexibility index (Phi) is 8.29. The van der Waals surface area contributed by atoms with E-state index in [1.54, 1.807) is 12.1 Å². The Hall–Kier alpha value is -2.31. The molecular formula is C23H18F2NNaO2. The van der Waals surface area contributed by atoms with E-state index < -0.39 is 23.6 Å². The molecule has 2 N–H and O–H groups in total. The van der Waals surface area contributed by atoms with Crippen molar-refractivity contribution in [1.82, 2.24) is 0 Å². The molecule has 0 amide bonds. The van der Waals surface area contributed by atoms with Crippen molar-refractivity contribution in [3.05, 3.63) is 102 Å². The maximum Gasteiger partial charge on any atom is 1.00 e. The maximum absolute atomic E-state index is 14.6. The number of carbonyl (C=O) groups excluding carboxylic acids is 1. The molecule has 0 radical (unpaired) electrons. The first-order valence-electron chi connectivity index (χ1n) is 8.74. The fourth-order valence-electron chi connectivity index (χ4n) is 3.00. The van der Waals surface area contributed by atoms with Crippen LogP contribution in [0, 0.1) is 11.6 Å². The summed E-state index contributed by atoms with van der Waals surface area (Å²) in [6.45, 7) is 0. The van der Waals surface area contributed by atoms with Crippen LogP contribution in [0.3, 0.4) is 0 Å². The molecule has 3 aromatic rings. The molecule has 3 nitrogen and oxygen atoms in total. The molecule has 0 aliphatic rings. The van der Waals surface area contributed by atoms with Gasteiger partial charge in [0.15, 0.2) is 0 Å². The predicted octanol–water partition coefficient (Wildman–Crippen LogP) is 0.535. The van der Waals surface area contributed by atoms with Crippen LogP contribution in [0.25, 0.3) is 16.7 Å². The SMILES string of the molecule is NC(C/C=C(\c1ccc(F)cc1F)c1ccccc1-c1ccccc1)C(=O)[O-].[Na+]. The Morgan fingerprint density at radius 1 is 0.966 bits per heavy atom. The average molecular weight is 401 g/mol. The molecule has 3 rings (SSSR count). The van der Waals surface area contributed by atoms with Crippen LogP contribution < -0.4 is 40.4 Å². The number of halogens is 2. The van der Waals surface area contributed by atoms with Crippen LogP contribution in [0.5, 0.6) is 0 Å². The predicted molar refractivity (Wildman–Crippen MR) is 103 cm³/mol. The van der Waals surface area contributed by atoms with Gasteiger partial charge in [-0.2, -0.15) is 0 Å².